The zero-order valence-electron chi connectivity index (χ0n) is 50.6. The molecule has 3 atom stereocenters. The number of nitrogens with one attached hydrogen (secondary N) is 1. The number of unbranched alkanes of at least 4 members (excludes halogenated alkanes) is 28. The fourth-order valence-electron chi connectivity index (χ4n) is 8.80. The molecule has 0 aromatic carbocycles. The molecule has 0 saturated carbocycles. The van der Waals surface area contributed by atoms with Gasteiger partial charge in [-0.2, -0.15) is 0 Å². The van der Waals surface area contributed by atoms with Gasteiger partial charge in [-0.3, -0.25) is 9.36 Å². The molecule has 1 amide bonds. The normalized spacial score (nSPS) is 14.5. The standard InChI is InChI=1S/C68H121N2O6P/c1-6-8-10-12-14-16-18-20-22-24-26-27-28-29-30-31-32-33-34-35-36-37-38-39-40-41-42-43-44-46-48-50-52-54-56-58-60-62-68(72)69-66(65-76-77(73,74)75-64-63-70(3,4)5)67(71)61-59-57-55-53-51-49-47-45-25-23-21-19-17-15-13-11-9-7-2/h8,10,14,16,20,22,26-27,29-30,32-33,35-36,51,53,59,61,66-67,71H,6-7,9,11-13,15,17-19,21,23-25,28,31,34,37-50,52,54-58,60,62-65H2,1-5H3,(H-,69,72,73,74)/b10-8-,16-14-,22-20-,27-26-,30-29-,33-32-,36-35-,53-51+,61-59+. The van der Waals surface area contributed by atoms with Crippen LogP contribution in [0.25, 0.3) is 0 Å². The van der Waals surface area contributed by atoms with Crippen LogP contribution in [-0.2, 0) is 18.4 Å². The molecule has 3 unspecified atom stereocenters. The number of hydrogen-bond acceptors (Lipinski definition) is 6. The topological polar surface area (TPSA) is 108 Å². The number of nitrogens with zero attached hydrogens (tertiary/aromatic N) is 1. The van der Waals surface area contributed by atoms with Crippen LogP contribution in [0.5, 0.6) is 0 Å². The van der Waals surface area contributed by atoms with E-state index in [4.69, 9.17) is 9.05 Å². The van der Waals surface area contributed by atoms with Gasteiger partial charge in [0.15, 0.2) is 0 Å². The number of amides is 1. The average molecular weight is 1090 g/mol. The first-order valence-corrected chi connectivity index (χ1v) is 33.2. The maximum Gasteiger partial charge on any atom is 0.268 e. The number of allylic oxidation sites excluding steroid dienone is 17. The van der Waals surface area contributed by atoms with Gasteiger partial charge in [0.05, 0.1) is 39.9 Å². The average Bonchev–Trinajstić information content (AvgIpc) is 3.39. The van der Waals surface area contributed by atoms with Crippen molar-refractivity contribution < 1.29 is 32.9 Å². The fourth-order valence-corrected chi connectivity index (χ4v) is 9.52. The quantitative estimate of drug-likeness (QED) is 0.0272. The van der Waals surface area contributed by atoms with E-state index in [1.54, 1.807) is 6.08 Å². The lowest BCUT2D eigenvalue weighted by atomic mass is 10.0. The smallest absolute Gasteiger partial charge is 0.268 e. The van der Waals surface area contributed by atoms with Crippen molar-refractivity contribution in [2.24, 2.45) is 0 Å². The van der Waals surface area contributed by atoms with E-state index in [0.717, 1.165) is 83.5 Å². The number of hydrogen-bond donors (Lipinski definition) is 2. The molecule has 77 heavy (non-hydrogen) atoms. The van der Waals surface area contributed by atoms with E-state index >= 15 is 0 Å². The van der Waals surface area contributed by atoms with Crippen molar-refractivity contribution in [2.45, 2.75) is 276 Å². The first-order chi connectivity index (χ1) is 37.5. The van der Waals surface area contributed by atoms with Crippen LogP contribution in [0.1, 0.15) is 264 Å². The second-order valence-corrected chi connectivity index (χ2v) is 23.8. The number of rotatable bonds is 57. The van der Waals surface area contributed by atoms with Crippen LogP contribution in [0.3, 0.4) is 0 Å². The molecule has 0 aromatic rings. The highest BCUT2D eigenvalue weighted by Gasteiger charge is 2.23. The Morgan fingerprint density at radius 3 is 1.21 bits per heavy atom. The van der Waals surface area contributed by atoms with Gasteiger partial charge in [0.1, 0.15) is 13.2 Å². The predicted octanol–water partition coefficient (Wildman–Crippen LogP) is 19.3. The molecule has 444 valence electrons. The second kappa shape index (κ2) is 57.8. The highest BCUT2D eigenvalue weighted by Crippen LogP contribution is 2.38. The summed E-state index contributed by atoms with van der Waals surface area (Å²) in [5, 5.41) is 13.9. The minimum absolute atomic E-state index is 0.00969. The van der Waals surface area contributed by atoms with Crippen LogP contribution in [0, 0.1) is 0 Å². The van der Waals surface area contributed by atoms with Crippen LogP contribution < -0.4 is 10.2 Å². The maximum absolute atomic E-state index is 13.0. The molecule has 0 heterocycles. The first kappa shape index (κ1) is 74.2. The van der Waals surface area contributed by atoms with Gasteiger partial charge in [0, 0.05) is 6.42 Å². The van der Waals surface area contributed by atoms with Gasteiger partial charge in [-0.05, 0) is 89.9 Å². The summed E-state index contributed by atoms with van der Waals surface area (Å²) < 4.78 is 23.4. The molecule has 0 aliphatic rings. The highest BCUT2D eigenvalue weighted by molar-refractivity contribution is 7.45. The summed E-state index contributed by atoms with van der Waals surface area (Å²) in [7, 11) is 1.24. The molecular weight excluding hydrogens is 972 g/mol. The van der Waals surface area contributed by atoms with E-state index in [0.29, 0.717) is 17.4 Å². The number of phosphoric acid groups is 1. The lowest BCUT2D eigenvalue weighted by Crippen LogP contribution is -2.45. The highest BCUT2D eigenvalue weighted by atomic mass is 31.2. The fraction of sp³-hybridized carbons (Fsp3) is 0.721. The number of carbonyl (C=O) groups is 1. The Bertz CT molecular complexity index is 1620. The van der Waals surface area contributed by atoms with Crippen LogP contribution in [0.4, 0.5) is 0 Å². The van der Waals surface area contributed by atoms with Gasteiger partial charge in [0.25, 0.3) is 7.82 Å². The molecule has 0 aliphatic carbocycles. The largest absolute Gasteiger partial charge is 0.756 e. The summed E-state index contributed by atoms with van der Waals surface area (Å²) in [6, 6.07) is -0.909. The maximum atomic E-state index is 13.0. The molecule has 0 aliphatic heterocycles. The van der Waals surface area contributed by atoms with Crippen molar-refractivity contribution in [1.29, 1.82) is 0 Å². The van der Waals surface area contributed by atoms with Crippen LogP contribution in [0.2, 0.25) is 0 Å². The molecule has 0 bridgehead atoms. The summed E-state index contributed by atoms with van der Waals surface area (Å²) in [5.74, 6) is -0.209. The Hall–Kier alpha value is -2.84. The SMILES string of the molecule is CC/C=C\C/C=C\C/C=C\C/C=C\C/C=C\C/C=C\C/C=C\CCCCCCCCCCCCCCCCCC(=O)NC(COP(=O)([O-])OCC[N+](C)(C)C)C(O)/C=C/CC/C=C/CCCCCCCCCCCCCC. The molecule has 0 saturated heterocycles. The third kappa shape index (κ3) is 60.6. The van der Waals surface area contributed by atoms with Gasteiger partial charge in [-0.1, -0.05) is 277 Å². The number of phosphoric ester groups is 1. The molecule has 9 heteroatoms. The molecule has 0 fully saturated rings. The Labute approximate surface area is 476 Å². The number of quaternary nitrogens is 1. The zero-order chi connectivity index (χ0) is 56.3. The molecule has 0 spiro atoms. The van der Waals surface area contributed by atoms with E-state index in [1.807, 2.05) is 27.2 Å². The minimum Gasteiger partial charge on any atom is -0.756 e. The molecular formula is C68H121N2O6P. The lowest BCUT2D eigenvalue weighted by molar-refractivity contribution is -0.870. The van der Waals surface area contributed by atoms with Crippen LogP contribution >= 0.6 is 7.82 Å². The third-order valence-electron chi connectivity index (χ3n) is 13.7. The molecule has 2 N–H and O–H groups in total. The molecule has 0 radical (unpaired) electrons. The van der Waals surface area contributed by atoms with Gasteiger partial charge >= 0.3 is 0 Å². The Morgan fingerprint density at radius 1 is 0.468 bits per heavy atom. The molecule has 0 aromatic heterocycles. The first-order valence-electron chi connectivity index (χ1n) is 31.7. The van der Waals surface area contributed by atoms with Gasteiger partial charge in [0.2, 0.25) is 5.91 Å². The Kier molecular flexibility index (Phi) is 55.7. The third-order valence-corrected chi connectivity index (χ3v) is 14.7. The summed E-state index contributed by atoms with van der Waals surface area (Å²) >= 11 is 0. The number of aliphatic hydroxyl groups is 1. The van der Waals surface area contributed by atoms with E-state index in [-0.39, 0.29) is 12.5 Å². The Morgan fingerprint density at radius 2 is 0.805 bits per heavy atom. The second-order valence-electron chi connectivity index (χ2n) is 22.4. The zero-order valence-corrected chi connectivity index (χ0v) is 51.5. The lowest BCUT2D eigenvalue weighted by Gasteiger charge is -2.29. The van der Waals surface area contributed by atoms with Crippen molar-refractivity contribution in [3.63, 3.8) is 0 Å². The summed E-state index contributed by atoms with van der Waals surface area (Å²) in [6.45, 7) is 4.52. The van der Waals surface area contributed by atoms with Crippen LogP contribution in [-0.4, -0.2) is 68.5 Å². The number of likely N-dealkylation sites (N-methyl/N-ethyl adjacent to an activating group) is 1. The number of carbonyl (C=O) groups excluding carboxylic acids is 1. The molecule has 8 nitrogen and oxygen atoms in total. The van der Waals surface area contributed by atoms with E-state index in [2.05, 4.69) is 116 Å². The van der Waals surface area contributed by atoms with Gasteiger partial charge in [-0.25, -0.2) is 0 Å². The monoisotopic (exact) mass is 1090 g/mol. The predicted molar refractivity (Wildman–Crippen MR) is 334 cm³/mol. The van der Waals surface area contributed by atoms with E-state index in [9.17, 15) is 19.4 Å². The summed E-state index contributed by atoms with van der Waals surface area (Å²) in [5.41, 5.74) is 0. The van der Waals surface area contributed by atoms with Gasteiger partial charge in [-0.15, -0.1) is 0 Å². The minimum atomic E-state index is -4.61. The summed E-state index contributed by atoms with van der Waals surface area (Å²) in [4.78, 5) is 25.5. The van der Waals surface area contributed by atoms with Crippen molar-refractivity contribution >= 4 is 13.7 Å². The van der Waals surface area contributed by atoms with E-state index < -0.39 is 26.6 Å². The van der Waals surface area contributed by atoms with Crippen molar-refractivity contribution in [3.05, 3.63) is 109 Å². The van der Waals surface area contributed by atoms with Crippen molar-refractivity contribution in [2.75, 3.05) is 40.9 Å². The van der Waals surface area contributed by atoms with Crippen molar-refractivity contribution in [1.82, 2.24) is 5.32 Å². The summed E-state index contributed by atoms with van der Waals surface area (Å²) in [6.07, 6.45) is 84.7. The van der Waals surface area contributed by atoms with Gasteiger partial charge < -0.3 is 28.8 Å². The van der Waals surface area contributed by atoms with E-state index in [1.165, 1.54) is 161 Å². The van der Waals surface area contributed by atoms with Crippen LogP contribution in [0.15, 0.2) is 109 Å². The number of aliphatic hydroxyl groups excluding tert-OH is 1. The molecule has 0 rings (SSSR count). The Balaban J connectivity index is 4.10. The van der Waals surface area contributed by atoms with Crippen molar-refractivity contribution in [3.8, 4) is 0 Å².